The third-order valence-corrected chi connectivity index (χ3v) is 4.84. The number of amides is 1. The van der Waals surface area contributed by atoms with E-state index in [2.05, 4.69) is 0 Å². The second kappa shape index (κ2) is 6.27. The number of carbonyl (C=O) groups excluding carboxylic acids is 1. The fraction of sp³-hybridized carbons (Fsp3) is 0.562. The maximum Gasteiger partial charge on any atom is 0.341 e. The molecule has 1 aromatic heterocycles. The number of β-amino-alcohol motifs (C(OH)–C–C–N with tert-alkyl or cyclic N) is 1. The Morgan fingerprint density at radius 3 is 2.50 bits per heavy atom. The monoisotopic (exact) mass is 336 g/mol. The van der Waals surface area contributed by atoms with Crippen molar-refractivity contribution in [3.63, 3.8) is 0 Å². The molecule has 8 nitrogen and oxygen atoms in total. The smallest absolute Gasteiger partial charge is 0.341 e. The van der Waals surface area contributed by atoms with Crippen LogP contribution in [0.3, 0.4) is 0 Å². The molecule has 1 aromatic rings. The standard InChI is InChI=1S/C16H20N2O6/c19-11-8-17(6-9-4-2-1-3-5-9)15(22)12-14(21)13(20)10(16(23)24)7-18(11)12/h7,9,11,19,21H,1-6,8H2,(H,23,24). The van der Waals surface area contributed by atoms with E-state index in [0.717, 1.165) is 36.4 Å². The molecule has 8 heteroatoms. The number of pyridine rings is 1. The summed E-state index contributed by atoms with van der Waals surface area (Å²) >= 11 is 0. The second-order valence-corrected chi connectivity index (χ2v) is 6.48. The highest BCUT2D eigenvalue weighted by atomic mass is 16.4. The van der Waals surface area contributed by atoms with Crippen molar-refractivity contribution in [1.82, 2.24) is 9.47 Å². The summed E-state index contributed by atoms with van der Waals surface area (Å²) in [6.07, 6.45) is 5.14. The van der Waals surface area contributed by atoms with Crippen LogP contribution in [0.1, 0.15) is 59.2 Å². The highest BCUT2D eigenvalue weighted by Gasteiger charge is 2.35. The Bertz CT molecular complexity index is 735. The third kappa shape index (κ3) is 2.77. The van der Waals surface area contributed by atoms with Crippen LogP contribution in [0.15, 0.2) is 11.0 Å². The van der Waals surface area contributed by atoms with E-state index >= 15 is 0 Å². The highest BCUT2D eigenvalue weighted by molar-refractivity contribution is 5.97. The van der Waals surface area contributed by atoms with Gasteiger partial charge < -0.3 is 24.8 Å². The van der Waals surface area contributed by atoms with Crippen LogP contribution in [-0.2, 0) is 0 Å². The summed E-state index contributed by atoms with van der Waals surface area (Å²) in [7, 11) is 0. The van der Waals surface area contributed by atoms with Crippen molar-refractivity contribution >= 4 is 11.9 Å². The molecule has 1 atom stereocenters. The Labute approximate surface area is 137 Å². The summed E-state index contributed by atoms with van der Waals surface area (Å²) in [6.45, 7) is 0.466. The topological polar surface area (TPSA) is 120 Å². The third-order valence-electron chi connectivity index (χ3n) is 4.84. The highest BCUT2D eigenvalue weighted by Crippen LogP contribution is 2.29. The largest absolute Gasteiger partial charge is 0.503 e. The number of carboxylic acids is 1. The fourth-order valence-corrected chi connectivity index (χ4v) is 3.58. The Morgan fingerprint density at radius 1 is 1.21 bits per heavy atom. The van der Waals surface area contributed by atoms with Crippen LogP contribution in [0.5, 0.6) is 5.75 Å². The Kier molecular flexibility index (Phi) is 4.31. The summed E-state index contributed by atoms with van der Waals surface area (Å²) < 4.78 is 0.972. The van der Waals surface area contributed by atoms with Crippen molar-refractivity contribution in [2.75, 3.05) is 13.1 Å². The van der Waals surface area contributed by atoms with Crippen molar-refractivity contribution in [2.45, 2.75) is 38.3 Å². The molecule has 0 spiro atoms. The molecule has 3 rings (SSSR count). The maximum atomic E-state index is 12.6. The van der Waals surface area contributed by atoms with Crippen LogP contribution in [0.2, 0.25) is 0 Å². The van der Waals surface area contributed by atoms with Gasteiger partial charge in [-0.2, -0.15) is 0 Å². The number of fused-ring (bicyclic) bond motifs is 1. The zero-order valence-electron chi connectivity index (χ0n) is 13.1. The summed E-state index contributed by atoms with van der Waals surface area (Å²) in [5.41, 5.74) is -2.14. The van der Waals surface area contributed by atoms with Gasteiger partial charge in [-0.15, -0.1) is 0 Å². The van der Waals surface area contributed by atoms with E-state index in [-0.39, 0.29) is 12.2 Å². The van der Waals surface area contributed by atoms with Gasteiger partial charge in [-0.3, -0.25) is 9.59 Å². The van der Waals surface area contributed by atoms with Gasteiger partial charge in [0.1, 0.15) is 11.8 Å². The van der Waals surface area contributed by atoms with E-state index in [1.165, 1.54) is 11.3 Å². The number of aliphatic hydroxyl groups excluding tert-OH is 1. The average Bonchev–Trinajstić information content (AvgIpc) is 2.55. The number of hydrogen-bond acceptors (Lipinski definition) is 5. The van der Waals surface area contributed by atoms with Gasteiger partial charge in [0.2, 0.25) is 5.43 Å². The van der Waals surface area contributed by atoms with Crippen molar-refractivity contribution in [3.05, 3.63) is 27.7 Å². The molecule has 3 N–H and O–H groups in total. The average molecular weight is 336 g/mol. The Hall–Kier alpha value is -2.35. The van der Waals surface area contributed by atoms with Gasteiger partial charge in [-0.25, -0.2) is 4.79 Å². The van der Waals surface area contributed by atoms with E-state index < -0.39 is 34.8 Å². The number of aliphatic hydroxyl groups is 1. The number of nitrogens with zero attached hydrogens (tertiary/aromatic N) is 2. The number of hydrogen-bond donors (Lipinski definition) is 3. The van der Waals surface area contributed by atoms with Crippen molar-refractivity contribution < 1.29 is 24.9 Å². The van der Waals surface area contributed by atoms with Gasteiger partial charge >= 0.3 is 5.97 Å². The molecule has 1 unspecified atom stereocenters. The Morgan fingerprint density at radius 2 is 1.88 bits per heavy atom. The van der Waals surface area contributed by atoms with Crippen LogP contribution in [-0.4, -0.2) is 49.8 Å². The van der Waals surface area contributed by atoms with E-state index in [1.54, 1.807) is 0 Å². The number of aromatic nitrogens is 1. The van der Waals surface area contributed by atoms with Crippen molar-refractivity contribution in [3.8, 4) is 5.75 Å². The van der Waals surface area contributed by atoms with E-state index in [9.17, 15) is 24.6 Å². The summed E-state index contributed by atoms with van der Waals surface area (Å²) in [4.78, 5) is 37.1. The van der Waals surface area contributed by atoms with Crippen LogP contribution >= 0.6 is 0 Å². The van der Waals surface area contributed by atoms with Gasteiger partial charge in [-0.05, 0) is 18.8 Å². The molecule has 1 saturated carbocycles. The number of carbonyl (C=O) groups is 2. The molecule has 0 saturated heterocycles. The number of carboxylic acid groups (broad SMARTS) is 1. The minimum Gasteiger partial charge on any atom is -0.503 e. The molecule has 0 radical (unpaired) electrons. The molecule has 1 aliphatic heterocycles. The zero-order chi connectivity index (χ0) is 17.4. The van der Waals surface area contributed by atoms with Gasteiger partial charge in [0.25, 0.3) is 5.91 Å². The van der Waals surface area contributed by atoms with Gasteiger partial charge in [-0.1, -0.05) is 19.3 Å². The molecule has 1 fully saturated rings. The first-order valence-electron chi connectivity index (χ1n) is 8.09. The predicted octanol–water partition coefficient (Wildman–Crippen LogP) is 0.779. The van der Waals surface area contributed by atoms with Crippen LogP contribution in [0.4, 0.5) is 0 Å². The van der Waals surface area contributed by atoms with E-state index in [4.69, 9.17) is 5.11 Å². The normalized spacial score (nSPS) is 21.6. The van der Waals surface area contributed by atoms with E-state index in [0.29, 0.717) is 12.5 Å². The zero-order valence-corrected chi connectivity index (χ0v) is 13.1. The predicted molar refractivity (Wildman–Crippen MR) is 83.1 cm³/mol. The van der Waals surface area contributed by atoms with Gasteiger partial charge in [0.15, 0.2) is 11.4 Å². The molecule has 2 heterocycles. The first-order valence-corrected chi connectivity index (χ1v) is 8.09. The van der Waals surface area contributed by atoms with Gasteiger partial charge in [0, 0.05) is 12.7 Å². The molecular weight excluding hydrogens is 316 g/mol. The van der Waals surface area contributed by atoms with Crippen LogP contribution in [0.25, 0.3) is 0 Å². The molecule has 2 aliphatic rings. The first kappa shape index (κ1) is 16.5. The lowest BCUT2D eigenvalue weighted by molar-refractivity contribution is 0.0186. The van der Waals surface area contributed by atoms with Crippen molar-refractivity contribution in [2.24, 2.45) is 5.92 Å². The number of aromatic hydroxyl groups is 1. The molecule has 130 valence electrons. The maximum absolute atomic E-state index is 12.6. The summed E-state index contributed by atoms with van der Waals surface area (Å²) in [5, 5.41) is 29.3. The summed E-state index contributed by atoms with van der Waals surface area (Å²) in [5.74, 6) is -2.66. The minimum absolute atomic E-state index is 0.00367. The fourth-order valence-electron chi connectivity index (χ4n) is 3.58. The molecule has 24 heavy (non-hydrogen) atoms. The lowest BCUT2D eigenvalue weighted by atomic mass is 9.88. The molecule has 1 aliphatic carbocycles. The quantitative estimate of drug-likeness (QED) is 0.750. The molecular formula is C16H20N2O6. The first-order chi connectivity index (χ1) is 11.4. The minimum atomic E-state index is -1.52. The number of aromatic carboxylic acids is 1. The van der Waals surface area contributed by atoms with Crippen LogP contribution < -0.4 is 5.43 Å². The van der Waals surface area contributed by atoms with E-state index in [1.807, 2.05) is 0 Å². The van der Waals surface area contributed by atoms with Crippen molar-refractivity contribution in [1.29, 1.82) is 0 Å². The molecule has 0 aromatic carbocycles. The number of rotatable bonds is 3. The summed E-state index contributed by atoms with van der Waals surface area (Å²) in [6, 6.07) is 0. The molecule has 0 bridgehead atoms. The lowest BCUT2D eigenvalue weighted by Gasteiger charge is -2.36. The van der Waals surface area contributed by atoms with Crippen LogP contribution in [0, 0.1) is 5.92 Å². The SMILES string of the molecule is O=C(O)c1cn2c(c(O)c1=O)C(=O)N(CC1CCCCC1)CC2O. The molecule has 1 amide bonds. The lowest BCUT2D eigenvalue weighted by Crippen LogP contribution is -2.46. The Balaban J connectivity index is 1.95. The van der Waals surface area contributed by atoms with Gasteiger partial charge in [0.05, 0.1) is 6.54 Å². The second-order valence-electron chi connectivity index (χ2n) is 6.48.